The Labute approximate surface area is 111 Å². The second kappa shape index (κ2) is 6.76. The molecular weight excluding hydrogens is 226 g/mol. The maximum Gasteiger partial charge on any atom is 0.122 e. The zero-order valence-electron chi connectivity index (χ0n) is 12.4. The lowest BCUT2D eigenvalue weighted by Gasteiger charge is -2.20. The van der Waals surface area contributed by atoms with E-state index in [1.807, 2.05) is 0 Å². The highest BCUT2D eigenvalue weighted by Crippen LogP contribution is 2.30. The van der Waals surface area contributed by atoms with Gasteiger partial charge in [-0.25, -0.2) is 0 Å². The predicted molar refractivity (Wildman–Crippen MR) is 75.2 cm³/mol. The minimum atomic E-state index is 0.465. The molecule has 0 amide bonds. The van der Waals surface area contributed by atoms with Crippen molar-refractivity contribution in [2.45, 2.75) is 33.2 Å². The van der Waals surface area contributed by atoms with Gasteiger partial charge in [-0.3, -0.25) is 4.90 Å². The number of ether oxygens (including phenoxy) is 2. The summed E-state index contributed by atoms with van der Waals surface area (Å²) in [6.45, 7) is 8.04. The molecular formula is C15H25NO2. The molecule has 0 heterocycles. The van der Waals surface area contributed by atoms with Crippen LogP contribution in [0.3, 0.4) is 0 Å². The summed E-state index contributed by atoms with van der Waals surface area (Å²) >= 11 is 0. The minimum Gasteiger partial charge on any atom is -0.496 e. The maximum atomic E-state index is 5.46. The van der Waals surface area contributed by atoms with E-state index in [1.165, 1.54) is 16.7 Å². The van der Waals surface area contributed by atoms with E-state index in [9.17, 15) is 0 Å². The summed E-state index contributed by atoms with van der Waals surface area (Å²) in [6.07, 6.45) is 0. The van der Waals surface area contributed by atoms with Crippen molar-refractivity contribution in [2.24, 2.45) is 0 Å². The fourth-order valence-electron chi connectivity index (χ4n) is 2.10. The molecule has 1 aromatic carbocycles. The van der Waals surface area contributed by atoms with Gasteiger partial charge in [0.2, 0.25) is 0 Å². The van der Waals surface area contributed by atoms with E-state index in [-0.39, 0.29) is 0 Å². The number of methoxy groups -OCH3 is 2. The molecule has 1 aromatic rings. The molecule has 102 valence electrons. The highest BCUT2D eigenvalue weighted by molar-refractivity contribution is 5.43. The first-order valence-corrected chi connectivity index (χ1v) is 6.34. The Bertz CT molecular complexity index is 388. The minimum absolute atomic E-state index is 0.465. The molecule has 3 nitrogen and oxygen atoms in total. The normalized spacial score (nSPS) is 11.3. The maximum absolute atomic E-state index is 5.46. The average molecular weight is 251 g/mol. The van der Waals surface area contributed by atoms with Gasteiger partial charge < -0.3 is 9.47 Å². The Morgan fingerprint density at radius 1 is 1.22 bits per heavy atom. The number of benzene rings is 1. The molecule has 0 N–H and O–H groups in total. The van der Waals surface area contributed by atoms with Gasteiger partial charge >= 0.3 is 0 Å². The molecule has 0 radical (unpaired) electrons. The monoisotopic (exact) mass is 251 g/mol. The molecule has 0 bridgehead atoms. The van der Waals surface area contributed by atoms with Gasteiger partial charge in [0.05, 0.1) is 13.8 Å². The van der Waals surface area contributed by atoms with Crippen LogP contribution in [0.4, 0.5) is 0 Å². The lowest BCUT2D eigenvalue weighted by Crippen LogP contribution is -2.21. The SMILES string of the molecule is COCN(C)Cc1cc(C(C)C)c(OC)cc1C. The molecule has 0 unspecified atom stereocenters. The van der Waals surface area contributed by atoms with Gasteiger partial charge in [-0.2, -0.15) is 0 Å². The summed E-state index contributed by atoms with van der Waals surface area (Å²) in [5.41, 5.74) is 3.86. The summed E-state index contributed by atoms with van der Waals surface area (Å²) in [4.78, 5) is 2.15. The van der Waals surface area contributed by atoms with Gasteiger partial charge in [0, 0.05) is 13.7 Å². The Hall–Kier alpha value is -1.06. The van der Waals surface area contributed by atoms with Crippen LogP contribution < -0.4 is 4.74 Å². The third-order valence-electron chi connectivity index (χ3n) is 3.10. The zero-order chi connectivity index (χ0) is 13.7. The Morgan fingerprint density at radius 2 is 1.89 bits per heavy atom. The van der Waals surface area contributed by atoms with Gasteiger partial charge in [0.1, 0.15) is 5.75 Å². The fraction of sp³-hybridized carbons (Fsp3) is 0.600. The lowest BCUT2D eigenvalue weighted by atomic mass is 9.96. The van der Waals surface area contributed by atoms with Crippen molar-refractivity contribution < 1.29 is 9.47 Å². The van der Waals surface area contributed by atoms with Crippen LogP contribution >= 0.6 is 0 Å². The third kappa shape index (κ3) is 3.72. The van der Waals surface area contributed by atoms with E-state index in [0.29, 0.717) is 12.6 Å². The van der Waals surface area contributed by atoms with Crippen LogP contribution in [0.1, 0.15) is 36.5 Å². The van der Waals surface area contributed by atoms with Gasteiger partial charge in [0.15, 0.2) is 0 Å². The van der Waals surface area contributed by atoms with Crippen LogP contribution in [0.5, 0.6) is 5.75 Å². The first-order chi connectivity index (χ1) is 8.49. The van der Waals surface area contributed by atoms with Crippen LogP contribution in [0.2, 0.25) is 0 Å². The smallest absolute Gasteiger partial charge is 0.122 e. The second-order valence-corrected chi connectivity index (χ2v) is 5.11. The summed E-state index contributed by atoms with van der Waals surface area (Å²) in [7, 11) is 5.51. The topological polar surface area (TPSA) is 21.7 Å². The average Bonchev–Trinajstić information content (AvgIpc) is 2.31. The molecule has 18 heavy (non-hydrogen) atoms. The predicted octanol–water partition coefficient (Wildman–Crippen LogP) is 3.16. The number of nitrogens with zero attached hydrogens (tertiary/aromatic N) is 1. The van der Waals surface area contributed by atoms with E-state index >= 15 is 0 Å². The fourth-order valence-corrected chi connectivity index (χ4v) is 2.10. The zero-order valence-corrected chi connectivity index (χ0v) is 12.4. The quantitative estimate of drug-likeness (QED) is 0.725. The molecule has 3 heteroatoms. The van der Waals surface area contributed by atoms with Crippen LogP contribution in [0, 0.1) is 6.92 Å². The number of hydrogen-bond donors (Lipinski definition) is 0. The van der Waals surface area contributed by atoms with Gasteiger partial charge in [0.25, 0.3) is 0 Å². The van der Waals surface area contributed by atoms with E-state index in [4.69, 9.17) is 9.47 Å². The van der Waals surface area contributed by atoms with E-state index in [0.717, 1.165) is 12.3 Å². The van der Waals surface area contributed by atoms with Crippen LogP contribution in [0.15, 0.2) is 12.1 Å². The Morgan fingerprint density at radius 3 is 2.39 bits per heavy atom. The van der Waals surface area contributed by atoms with Crippen molar-refractivity contribution in [1.29, 1.82) is 0 Å². The van der Waals surface area contributed by atoms with Crippen LogP contribution in [-0.2, 0) is 11.3 Å². The molecule has 0 saturated carbocycles. The molecule has 0 aliphatic carbocycles. The van der Waals surface area contributed by atoms with Crippen molar-refractivity contribution in [3.63, 3.8) is 0 Å². The highest BCUT2D eigenvalue weighted by atomic mass is 16.5. The summed E-state index contributed by atoms with van der Waals surface area (Å²) in [5, 5.41) is 0. The van der Waals surface area contributed by atoms with Crippen molar-refractivity contribution in [3.8, 4) is 5.75 Å². The highest BCUT2D eigenvalue weighted by Gasteiger charge is 2.12. The van der Waals surface area contributed by atoms with Crippen molar-refractivity contribution >= 4 is 0 Å². The second-order valence-electron chi connectivity index (χ2n) is 5.11. The van der Waals surface area contributed by atoms with E-state index in [2.05, 4.69) is 44.9 Å². The standard InChI is InChI=1S/C15H25NO2/c1-11(2)14-8-13(9-16(4)10-17-5)12(3)7-15(14)18-6/h7-8,11H,9-10H2,1-6H3. The van der Waals surface area contributed by atoms with E-state index in [1.54, 1.807) is 14.2 Å². The lowest BCUT2D eigenvalue weighted by molar-refractivity contribution is 0.0770. The molecule has 0 aliphatic rings. The van der Waals surface area contributed by atoms with E-state index < -0.39 is 0 Å². The van der Waals surface area contributed by atoms with Gasteiger partial charge in [-0.05, 0) is 42.6 Å². The summed E-state index contributed by atoms with van der Waals surface area (Å²) < 4.78 is 10.6. The Kier molecular flexibility index (Phi) is 5.63. The van der Waals surface area contributed by atoms with Crippen molar-refractivity contribution in [3.05, 3.63) is 28.8 Å². The number of rotatable bonds is 6. The van der Waals surface area contributed by atoms with Gasteiger partial charge in [-0.1, -0.05) is 19.9 Å². The molecule has 0 aliphatic heterocycles. The largest absolute Gasteiger partial charge is 0.496 e. The molecule has 0 spiro atoms. The first kappa shape index (κ1) is 15.0. The molecule has 1 rings (SSSR count). The number of hydrogen-bond acceptors (Lipinski definition) is 3. The van der Waals surface area contributed by atoms with Crippen LogP contribution in [0.25, 0.3) is 0 Å². The van der Waals surface area contributed by atoms with Crippen LogP contribution in [-0.4, -0.2) is 32.9 Å². The molecule has 0 aromatic heterocycles. The summed E-state index contributed by atoms with van der Waals surface area (Å²) in [6, 6.07) is 4.39. The first-order valence-electron chi connectivity index (χ1n) is 6.34. The summed E-state index contributed by atoms with van der Waals surface area (Å²) in [5.74, 6) is 1.45. The van der Waals surface area contributed by atoms with Crippen molar-refractivity contribution in [2.75, 3.05) is 28.0 Å². The number of aryl methyl sites for hydroxylation is 1. The van der Waals surface area contributed by atoms with Gasteiger partial charge in [-0.15, -0.1) is 0 Å². The molecule has 0 fully saturated rings. The molecule has 0 saturated heterocycles. The van der Waals surface area contributed by atoms with Crippen molar-refractivity contribution in [1.82, 2.24) is 4.90 Å². The Balaban J connectivity index is 3.01. The molecule has 0 atom stereocenters. The third-order valence-corrected chi connectivity index (χ3v) is 3.10.